The van der Waals surface area contributed by atoms with Crippen molar-refractivity contribution in [1.29, 1.82) is 5.26 Å². The van der Waals surface area contributed by atoms with Gasteiger partial charge in [0.2, 0.25) is 5.91 Å². The van der Waals surface area contributed by atoms with E-state index < -0.39 is 5.82 Å². The lowest BCUT2D eigenvalue weighted by Crippen LogP contribution is -2.49. The molecule has 0 aromatic heterocycles. The maximum absolute atomic E-state index is 14.0. The first-order valence-electron chi connectivity index (χ1n) is 10.6. The molecule has 0 unspecified atom stereocenters. The number of methoxy groups -OCH3 is 1. The number of hydrogen-bond donors (Lipinski definition) is 0. The minimum absolute atomic E-state index is 0.0549. The Morgan fingerprint density at radius 3 is 2.32 bits per heavy atom. The van der Waals surface area contributed by atoms with Gasteiger partial charge in [0.05, 0.1) is 25.3 Å². The SMILES string of the molecule is CCN(Cc1ccc(OC)c(F)c1)C(=O)CN1CCN(Cc2ccc(C#N)cc2)CC1. The first kappa shape index (κ1) is 22.7. The molecule has 2 aromatic carbocycles. The third kappa shape index (κ3) is 6.27. The van der Waals surface area contributed by atoms with Crippen molar-refractivity contribution in [1.82, 2.24) is 14.7 Å². The van der Waals surface area contributed by atoms with Crippen LogP contribution in [0.15, 0.2) is 42.5 Å². The van der Waals surface area contributed by atoms with E-state index in [1.807, 2.05) is 31.2 Å². The molecule has 2 aromatic rings. The molecule has 0 N–H and O–H groups in total. The molecule has 1 aliphatic heterocycles. The molecule has 0 atom stereocenters. The zero-order chi connectivity index (χ0) is 22.2. The summed E-state index contributed by atoms with van der Waals surface area (Å²) in [5.41, 5.74) is 2.61. The van der Waals surface area contributed by atoms with Crippen LogP contribution in [-0.4, -0.2) is 67.0 Å². The number of halogens is 1. The van der Waals surface area contributed by atoms with Gasteiger partial charge in [-0.15, -0.1) is 0 Å². The Morgan fingerprint density at radius 1 is 1.10 bits per heavy atom. The highest BCUT2D eigenvalue weighted by atomic mass is 19.1. The van der Waals surface area contributed by atoms with E-state index in [2.05, 4.69) is 15.9 Å². The molecular formula is C24H29FN4O2. The fraction of sp³-hybridized carbons (Fsp3) is 0.417. The highest BCUT2D eigenvalue weighted by Gasteiger charge is 2.21. The lowest BCUT2D eigenvalue weighted by atomic mass is 10.1. The number of piperazine rings is 1. The van der Waals surface area contributed by atoms with Crippen LogP contribution in [0.5, 0.6) is 5.75 Å². The fourth-order valence-electron chi connectivity index (χ4n) is 3.74. The average molecular weight is 425 g/mol. The molecule has 1 fully saturated rings. The standard InChI is InChI=1S/C24H29FN4O2/c1-3-29(17-21-8-9-23(31-2)22(25)14-21)24(30)18-28-12-10-27(11-13-28)16-20-6-4-19(15-26)5-7-20/h4-9,14H,3,10-13,16-18H2,1-2H3. The Bertz CT molecular complexity index is 918. The highest BCUT2D eigenvalue weighted by molar-refractivity contribution is 5.78. The molecule has 31 heavy (non-hydrogen) atoms. The third-order valence-electron chi connectivity index (χ3n) is 5.64. The summed E-state index contributed by atoms with van der Waals surface area (Å²) >= 11 is 0. The van der Waals surface area contributed by atoms with E-state index in [9.17, 15) is 9.18 Å². The van der Waals surface area contributed by atoms with E-state index in [4.69, 9.17) is 10.00 Å². The maximum Gasteiger partial charge on any atom is 0.237 e. The number of nitrogens with zero attached hydrogens (tertiary/aromatic N) is 4. The zero-order valence-electron chi connectivity index (χ0n) is 18.2. The predicted molar refractivity (Wildman–Crippen MR) is 117 cm³/mol. The van der Waals surface area contributed by atoms with Crippen LogP contribution in [0.25, 0.3) is 0 Å². The Labute approximate surface area is 183 Å². The number of likely N-dealkylation sites (N-methyl/N-ethyl adjacent to an activating group) is 1. The van der Waals surface area contributed by atoms with Crippen LogP contribution in [0.3, 0.4) is 0 Å². The van der Waals surface area contributed by atoms with Crippen molar-refractivity contribution < 1.29 is 13.9 Å². The van der Waals surface area contributed by atoms with Crippen molar-refractivity contribution in [3.8, 4) is 11.8 Å². The van der Waals surface area contributed by atoms with Gasteiger partial charge < -0.3 is 9.64 Å². The van der Waals surface area contributed by atoms with Crippen LogP contribution in [0.1, 0.15) is 23.6 Å². The summed E-state index contributed by atoms with van der Waals surface area (Å²) in [6, 6.07) is 14.6. The second kappa shape index (κ2) is 10.9. The van der Waals surface area contributed by atoms with E-state index in [-0.39, 0.29) is 11.7 Å². The van der Waals surface area contributed by atoms with Gasteiger partial charge in [-0.2, -0.15) is 5.26 Å². The lowest BCUT2D eigenvalue weighted by Gasteiger charge is -2.35. The van der Waals surface area contributed by atoms with E-state index in [0.29, 0.717) is 25.2 Å². The predicted octanol–water partition coefficient (Wildman–Crippen LogP) is 2.87. The van der Waals surface area contributed by atoms with Crippen molar-refractivity contribution in [2.45, 2.75) is 20.0 Å². The van der Waals surface area contributed by atoms with Gasteiger partial charge in [-0.1, -0.05) is 18.2 Å². The number of amides is 1. The average Bonchev–Trinajstić information content (AvgIpc) is 2.79. The van der Waals surface area contributed by atoms with Crippen LogP contribution in [-0.2, 0) is 17.9 Å². The zero-order valence-corrected chi connectivity index (χ0v) is 18.2. The Balaban J connectivity index is 1.47. The molecule has 1 aliphatic rings. The van der Waals surface area contributed by atoms with Gasteiger partial charge >= 0.3 is 0 Å². The summed E-state index contributed by atoms with van der Waals surface area (Å²) in [4.78, 5) is 19.1. The fourth-order valence-corrected chi connectivity index (χ4v) is 3.74. The van der Waals surface area contributed by atoms with Gasteiger partial charge in [0, 0.05) is 45.8 Å². The summed E-state index contributed by atoms with van der Waals surface area (Å²) in [6.45, 7) is 7.56. The minimum atomic E-state index is -0.415. The quantitative estimate of drug-likeness (QED) is 0.652. The lowest BCUT2D eigenvalue weighted by molar-refractivity contribution is -0.133. The van der Waals surface area contributed by atoms with Crippen molar-refractivity contribution in [3.63, 3.8) is 0 Å². The maximum atomic E-state index is 14.0. The van der Waals surface area contributed by atoms with E-state index in [1.54, 1.807) is 17.0 Å². The van der Waals surface area contributed by atoms with Crippen LogP contribution in [0.4, 0.5) is 4.39 Å². The molecule has 164 valence electrons. The van der Waals surface area contributed by atoms with Crippen LogP contribution in [0.2, 0.25) is 0 Å². The third-order valence-corrected chi connectivity index (χ3v) is 5.64. The molecular weight excluding hydrogens is 395 g/mol. The summed E-state index contributed by atoms with van der Waals surface area (Å²) in [7, 11) is 1.43. The first-order valence-corrected chi connectivity index (χ1v) is 10.6. The minimum Gasteiger partial charge on any atom is -0.494 e. The molecule has 0 radical (unpaired) electrons. The topological polar surface area (TPSA) is 59.8 Å². The number of carbonyl (C=O) groups excluding carboxylic acids is 1. The van der Waals surface area contributed by atoms with Gasteiger partial charge in [-0.3, -0.25) is 14.6 Å². The number of hydrogen-bond acceptors (Lipinski definition) is 5. The first-order chi connectivity index (χ1) is 15.0. The second-order valence-electron chi connectivity index (χ2n) is 7.74. The number of carbonyl (C=O) groups is 1. The molecule has 0 aliphatic carbocycles. The van der Waals surface area contributed by atoms with Crippen LogP contribution < -0.4 is 4.74 Å². The second-order valence-corrected chi connectivity index (χ2v) is 7.74. The van der Waals surface area contributed by atoms with E-state index in [1.165, 1.54) is 18.7 Å². The van der Waals surface area contributed by atoms with Crippen molar-refractivity contribution in [2.24, 2.45) is 0 Å². The Hall–Kier alpha value is -2.95. The number of nitriles is 1. The Morgan fingerprint density at radius 2 is 1.74 bits per heavy atom. The van der Waals surface area contributed by atoms with Crippen molar-refractivity contribution in [3.05, 3.63) is 65.0 Å². The summed E-state index contributed by atoms with van der Waals surface area (Å²) in [5, 5.41) is 8.91. The van der Waals surface area contributed by atoms with Crippen LogP contribution >= 0.6 is 0 Å². The largest absolute Gasteiger partial charge is 0.494 e. The number of benzene rings is 2. The van der Waals surface area contributed by atoms with E-state index in [0.717, 1.165) is 38.3 Å². The van der Waals surface area contributed by atoms with E-state index >= 15 is 0 Å². The Kier molecular flexibility index (Phi) is 7.99. The van der Waals surface area contributed by atoms with Gasteiger partial charge in [0.15, 0.2) is 11.6 Å². The summed E-state index contributed by atoms with van der Waals surface area (Å²) in [6.07, 6.45) is 0. The smallest absolute Gasteiger partial charge is 0.237 e. The number of rotatable bonds is 8. The number of ether oxygens (including phenoxy) is 1. The molecule has 3 rings (SSSR count). The van der Waals surface area contributed by atoms with Gasteiger partial charge in [0.1, 0.15) is 0 Å². The summed E-state index contributed by atoms with van der Waals surface area (Å²) < 4.78 is 18.9. The molecule has 1 amide bonds. The van der Waals surface area contributed by atoms with Crippen molar-refractivity contribution in [2.75, 3.05) is 46.4 Å². The molecule has 6 nitrogen and oxygen atoms in total. The van der Waals surface area contributed by atoms with Crippen molar-refractivity contribution >= 4 is 5.91 Å². The molecule has 0 spiro atoms. The monoisotopic (exact) mass is 424 g/mol. The molecule has 1 saturated heterocycles. The molecule has 7 heteroatoms. The molecule has 1 heterocycles. The van der Waals surface area contributed by atoms with Crippen LogP contribution in [0, 0.1) is 17.1 Å². The highest BCUT2D eigenvalue weighted by Crippen LogP contribution is 2.19. The van der Waals surface area contributed by atoms with Gasteiger partial charge in [0.25, 0.3) is 0 Å². The van der Waals surface area contributed by atoms with Gasteiger partial charge in [-0.05, 0) is 42.3 Å². The summed E-state index contributed by atoms with van der Waals surface area (Å²) in [5.74, 6) is -0.154. The normalized spacial score (nSPS) is 14.8. The molecule has 0 saturated carbocycles. The molecule has 0 bridgehead atoms. The van der Waals surface area contributed by atoms with Gasteiger partial charge in [-0.25, -0.2) is 4.39 Å².